The van der Waals surface area contributed by atoms with Gasteiger partial charge < -0.3 is 14.8 Å². The Morgan fingerprint density at radius 2 is 1.58 bits per heavy atom. The normalized spacial score (nSPS) is 20.0. The number of hydrogen-bond donors (Lipinski definition) is 1. The maximum absolute atomic E-state index is 13.1. The molecule has 1 aliphatic carbocycles. The molecule has 9 heteroatoms. The molecule has 1 amide bonds. The highest BCUT2D eigenvalue weighted by Gasteiger charge is 2.35. The van der Waals surface area contributed by atoms with Crippen molar-refractivity contribution < 1.29 is 37.0 Å². The lowest BCUT2D eigenvalue weighted by atomic mass is 9.75. The summed E-state index contributed by atoms with van der Waals surface area (Å²) in [5.74, 6) is -1.60. The van der Waals surface area contributed by atoms with Gasteiger partial charge in [0.25, 0.3) is 5.91 Å². The summed E-state index contributed by atoms with van der Waals surface area (Å²) in [5.41, 5.74) is -1.55. The molecule has 0 saturated heterocycles. The summed E-state index contributed by atoms with van der Waals surface area (Å²) in [4.78, 5) is 37.9. The van der Waals surface area contributed by atoms with Crippen LogP contribution in [0.1, 0.15) is 66.3 Å². The van der Waals surface area contributed by atoms with Gasteiger partial charge in [0.15, 0.2) is 6.61 Å². The van der Waals surface area contributed by atoms with Gasteiger partial charge in [-0.3, -0.25) is 4.79 Å². The Bertz CT molecular complexity index is 1100. The first-order valence-corrected chi connectivity index (χ1v) is 11.9. The van der Waals surface area contributed by atoms with Crippen LogP contribution in [0.5, 0.6) is 0 Å². The van der Waals surface area contributed by atoms with E-state index in [1.807, 2.05) is 0 Å². The van der Waals surface area contributed by atoms with Gasteiger partial charge in [0.05, 0.1) is 22.4 Å². The van der Waals surface area contributed by atoms with E-state index in [-0.39, 0.29) is 23.1 Å². The molecule has 0 spiro atoms. The third-order valence-electron chi connectivity index (χ3n) is 6.43. The average molecular weight is 506 g/mol. The molecule has 1 fully saturated rings. The average Bonchev–Trinajstić information content (AvgIpc) is 2.82. The second kappa shape index (κ2) is 11.6. The number of para-hydroxylation sites is 1. The third-order valence-corrected chi connectivity index (χ3v) is 6.43. The molecule has 1 saturated carbocycles. The molecule has 1 N–H and O–H groups in total. The highest BCUT2D eigenvalue weighted by molar-refractivity contribution is 6.04. The summed E-state index contributed by atoms with van der Waals surface area (Å²) in [6.07, 6.45) is -2.18. The number of benzene rings is 2. The lowest BCUT2D eigenvalue weighted by molar-refractivity contribution is -0.137. The van der Waals surface area contributed by atoms with E-state index in [2.05, 4.69) is 26.1 Å². The number of carbonyl (C=O) groups excluding carboxylic acids is 3. The highest BCUT2D eigenvalue weighted by atomic mass is 19.4. The molecule has 1 aliphatic rings. The summed E-state index contributed by atoms with van der Waals surface area (Å²) in [6.45, 7) is 5.46. The fraction of sp³-hybridized carbons (Fsp3) is 0.444. The Labute approximate surface area is 208 Å². The third kappa shape index (κ3) is 6.86. The molecule has 0 radical (unpaired) electrons. The van der Waals surface area contributed by atoms with Gasteiger partial charge in [-0.2, -0.15) is 13.2 Å². The molecule has 0 unspecified atom stereocenters. The van der Waals surface area contributed by atoms with Crippen LogP contribution in [0.25, 0.3) is 0 Å². The first-order valence-electron chi connectivity index (χ1n) is 11.9. The van der Waals surface area contributed by atoms with Crippen LogP contribution in [0.15, 0.2) is 48.5 Å². The second-order valence-corrected chi connectivity index (χ2v) is 9.48. The molecule has 0 heterocycles. The predicted molar refractivity (Wildman–Crippen MR) is 127 cm³/mol. The quantitative estimate of drug-likeness (QED) is 0.459. The Balaban J connectivity index is 1.66. The van der Waals surface area contributed by atoms with Crippen molar-refractivity contribution in [1.82, 2.24) is 0 Å². The van der Waals surface area contributed by atoms with Gasteiger partial charge in [-0.25, -0.2) is 9.59 Å². The zero-order valence-corrected chi connectivity index (χ0v) is 20.4. The maximum atomic E-state index is 13.1. The minimum absolute atomic E-state index is 0.00561. The lowest BCUT2D eigenvalue weighted by Crippen LogP contribution is -2.36. The van der Waals surface area contributed by atoms with Crippen molar-refractivity contribution in [3.05, 3.63) is 65.2 Å². The van der Waals surface area contributed by atoms with Crippen LogP contribution in [0.2, 0.25) is 0 Å². The van der Waals surface area contributed by atoms with Crippen LogP contribution in [-0.2, 0) is 20.4 Å². The van der Waals surface area contributed by atoms with Gasteiger partial charge in [0, 0.05) is 0 Å². The van der Waals surface area contributed by atoms with Gasteiger partial charge in [-0.1, -0.05) is 51.5 Å². The fourth-order valence-electron chi connectivity index (χ4n) is 4.52. The largest absolute Gasteiger partial charge is 0.458 e. The van der Waals surface area contributed by atoms with E-state index in [1.54, 1.807) is 6.07 Å². The van der Waals surface area contributed by atoms with E-state index in [0.29, 0.717) is 11.8 Å². The Morgan fingerprint density at radius 3 is 2.22 bits per heavy atom. The zero-order valence-electron chi connectivity index (χ0n) is 20.4. The number of halogens is 3. The predicted octanol–water partition coefficient (Wildman–Crippen LogP) is 6.12. The zero-order chi connectivity index (χ0) is 26.5. The number of alkyl halides is 3. The minimum Gasteiger partial charge on any atom is -0.458 e. The topological polar surface area (TPSA) is 81.7 Å². The van der Waals surface area contributed by atoms with Gasteiger partial charge >= 0.3 is 18.1 Å². The summed E-state index contributed by atoms with van der Waals surface area (Å²) >= 11 is 0. The molecule has 2 aromatic carbocycles. The number of esters is 2. The highest BCUT2D eigenvalue weighted by Crippen LogP contribution is 2.36. The molecule has 0 aliphatic heterocycles. The summed E-state index contributed by atoms with van der Waals surface area (Å²) in [5, 5.41) is 2.11. The summed E-state index contributed by atoms with van der Waals surface area (Å²) < 4.78 is 50.2. The summed E-state index contributed by atoms with van der Waals surface area (Å²) in [6, 6.07) is 10.4. The van der Waals surface area contributed by atoms with Crippen LogP contribution in [0.3, 0.4) is 0 Å². The Kier molecular flexibility index (Phi) is 8.76. The van der Waals surface area contributed by atoms with E-state index in [0.717, 1.165) is 31.4 Å². The van der Waals surface area contributed by atoms with Crippen LogP contribution in [0, 0.1) is 17.8 Å². The van der Waals surface area contributed by atoms with E-state index in [1.165, 1.54) is 30.3 Å². The van der Waals surface area contributed by atoms with Crippen molar-refractivity contribution in [2.75, 3.05) is 11.9 Å². The lowest BCUT2D eigenvalue weighted by Gasteiger charge is -2.36. The standard InChI is InChI=1S/C27H30F3NO5/c1-16(2)18-13-12-17(3)14-23(18)36-26(34)20-9-5-4-8-19(20)25(33)35-15-24(32)31-22-11-7-6-10-21(22)27(28,29)30/h4-11,16-18,23H,12-15H2,1-3H3,(H,31,32)/t17-,18+,23+/m1/s1. The van der Waals surface area contributed by atoms with Gasteiger partial charge in [0.1, 0.15) is 6.10 Å². The SMILES string of the molecule is CC(C)[C@@H]1CC[C@@H](C)C[C@@H]1OC(=O)c1ccccc1C(=O)OCC(=O)Nc1ccccc1C(F)(F)F. The fourth-order valence-corrected chi connectivity index (χ4v) is 4.52. The number of hydrogen-bond acceptors (Lipinski definition) is 5. The molecule has 3 atom stereocenters. The molecule has 2 aromatic rings. The number of rotatable bonds is 7. The molecular formula is C27H30F3NO5. The number of amides is 1. The molecule has 0 bridgehead atoms. The van der Waals surface area contributed by atoms with Gasteiger partial charge in [0.2, 0.25) is 0 Å². The van der Waals surface area contributed by atoms with E-state index in [9.17, 15) is 27.6 Å². The second-order valence-electron chi connectivity index (χ2n) is 9.48. The number of anilines is 1. The number of carbonyl (C=O) groups is 3. The Morgan fingerprint density at radius 1 is 0.972 bits per heavy atom. The monoisotopic (exact) mass is 505 g/mol. The Hall–Kier alpha value is -3.36. The first-order chi connectivity index (χ1) is 17.0. The van der Waals surface area contributed by atoms with Crippen LogP contribution >= 0.6 is 0 Å². The first kappa shape index (κ1) is 27.2. The number of nitrogens with one attached hydrogen (secondary N) is 1. The van der Waals surface area contributed by atoms with Crippen LogP contribution in [0.4, 0.5) is 18.9 Å². The van der Waals surface area contributed by atoms with Crippen molar-refractivity contribution in [2.24, 2.45) is 17.8 Å². The van der Waals surface area contributed by atoms with Gasteiger partial charge in [-0.05, 0) is 54.9 Å². The van der Waals surface area contributed by atoms with E-state index in [4.69, 9.17) is 9.47 Å². The van der Waals surface area contributed by atoms with Crippen molar-refractivity contribution in [1.29, 1.82) is 0 Å². The van der Waals surface area contributed by atoms with E-state index >= 15 is 0 Å². The smallest absolute Gasteiger partial charge is 0.418 e. The minimum atomic E-state index is -4.66. The van der Waals surface area contributed by atoms with Gasteiger partial charge in [-0.15, -0.1) is 0 Å². The van der Waals surface area contributed by atoms with Crippen molar-refractivity contribution in [3.8, 4) is 0 Å². The number of ether oxygens (including phenoxy) is 2. The molecule has 6 nitrogen and oxygen atoms in total. The van der Waals surface area contributed by atoms with Crippen LogP contribution in [-0.4, -0.2) is 30.6 Å². The molecule has 194 valence electrons. The summed E-state index contributed by atoms with van der Waals surface area (Å²) in [7, 11) is 0. The van der Waals surface area contributed by atoms with Crippen molar-refractivity contribution in [3.63, 3.8) is 0 Å². The molecular weight excluding hydrogens is 475 g/mol. The maximum Gasteiger partial charge on any atom is 0.418 e. The van der Waals surface area contributed by atoms with Crippen molar-refractivity contribution >= 4 is 23.5 Å². The molecule has 36 heavy (non-hydrogen) atoms. The van der Waals surface area contributed by atoms with Crippen molar-refractivity contribution in [2.45, 2.75) is 52.3 Å². The van der Waals surface area contributed by atoms with Crippen LogP contribution < -0.4 is 5.32 Å². The molecule has 3 rings (SSSR count). The molecule has 0 aromatic heterocycles. The van der Waals surface area contributed by atoms with E-state index < -0.39 is 41.9 Å².